The molecule has 0 bridgehead atoms. The van der Waals surface area contributed by atoms with Crippen LogP contribution < -0.4 is 15.8 Å². The summed E-state index contributed by atoms with van der Waals surface area (Å²) in [5.74, 6) is 0.324. The molecule has 1 fully saturated rings. The van der Waals surface area contributed by atoms with Gasteiger partial charge in [-0.05, 0) is 63.4 Å². The molecule has 5 rings (SSSR count). The number of aromatic nitrogens is 2. The van der Waals surface area contributed by atoms with Crippen molar-refractivity contribution in [2.45, 2.75) is 39.3 Å². The summed E-state index contributed by atoms with van der Waals surface area (Å²) < 4.78 is 18.7. The topological polar surface area (TPSA) is 121 Å². The molecule has 3 N–H and O–H groups in total. The number of anilines is 1. The number of thiophene rings is 1. The minimum atomic E-state index is -0.634. The number of methoxy groups -OCH3 is 1. The minimum absolute atomic E-state index is 0.114. The largest absolute Gasteiger partial charge is 0.495 e. The standard InChI is InChI=1S/C27H32N4O5S.CH5N/c1-27(2,3)36-26(33)25-29-23(21-6-5-13-37-21)24-18-15-19(20(34-4)14-17(18)7-8-31(24)25)28-22(32)16-30-9-11-35-12-10-30;1-2/h5-6,13-15H,7-12,16H2,1-4H3,(H,28,32);2H2,1H3. The minimum Gasteiger partial charge on any atom is -0.495 e. The maximum Gasteiger partial charge on any atom is 0.375 e. The maximum absolute atomic E-state index is 13.1. The van der Waals surface area contributed by atoms with Crippen LogP contribution in [0.25, 0.3) is 21.8 Å². The third-order valence-corrected chi connectivity index (χ3v) is 7.21. The van der Waals surface area contributed by atoms with Crippen molar-refractivity contribution in [3.63, 3.8) is 0 Å². The van der Waals surface area contributed by atoms with E-state index in [1.807, 2.05) is 55.0 Å². The summed E-state index contributed by atoms with van der Waals surface area (Å²) in [7, 11) is 3.10. The van der Waals surface area contributed by atoms with Crippen LogP contribution in [0.4, 0.5) is 5.69 Å². The van der Waals surface area contributed by atoms with Gasteiger partial charge < -0.3 is 29.8 Å². The highest BCUT2D eigenvalue weighted by atomic mass is 32.1. The Morgan fingerprint density at radius 1 is 1.18 bits per heavy atom. The molecule has 10 nitrogen and oxygen atoms in total. The third-order valence-electron chi connectivity index (χ3n) is 6.33. The first-order valence-electron chi connectivity index (χ1n) is 13.0. The van der Waals surface area contributed by atoms with Gasteiger partial charge in [0.15, 0.2) is 0 Å². The highest BCUT2D eigenvalue weighted by molar-refractivity contribution is 7.13. The zero-order chi connectivity index (χ0) is 28.2. The number of amides is 1. The Hall–Kier alpha value is -3.25. The smallest absolute Gasteiger partial charge is 0.375 e. The van der Waals surface area contributed by atoms with Gasteiger partial charge in [-0.3, -0.25) is 9.69 Å². The monoisotopic (exact) mass is 555 g/mol. The van der Waals surface area contributed by atoms with Crippen molar-refractivity contribution >= 4 is 28.9 Å². The molecular formula is C28H37N5O5S. The summed E-state index contributed by atoms with van der Waals surface area (Å²) in [6.07, 6.45) is 0.691. The van der Waals surface area contributed by atoms with Gasteiger partial charge in [-0.1, -0.05) is 6.07 Å². The number of hydrogen-bond acceptors (Lipinski definition) is 9. The number of esters is 1. The molecule has 0 saturated carbocycles. The predicted molar refractivity (Wildman–Crippen MR) is 152 cm³/mol. The van der Waals surface area contributed by atoms with Crippen molar-refractivity contribution in [3.05, 3.63) is 41.0 Å². The Bertz CT molecular complexity index is 1310. The van der Waals surface area contributed by atoms with Crippen LogP contribution in [0.1, 0.15) is 37.0 Å². The molecule has 11 heteroatoms. The van der Waals surface area contributed by atoms with Gasteiger partial charge in [0.2, 0.25) is 11.7 Å². The van der Waals surface area contributed by atoms with Crippen LogP contribution >= 0.6 is 11.3 Å². The summed E-state index contributed by atoms with van der Waals surface area (Å²) in [6.45, 7) is 9.12. The summed E-state index contributed by atoms with van der Waals surface area (Å²) in [4.78, 5) is 33.9. The zero-order valence-corrected chi connectivity index (χ0v) is 24.0. The lowest BCUT2D eigenvalue weighted by atomic mass is 9.95. The molecule has 0 atom stereocenters. The van der Waals surface area contributed by atoms with Crippen molar-refractivity contribution in [2.75, 3.05) is 52.3 Å². The third kappa shape index (κ3) is 6.50. The fraction of sp³-hybridized carbons (Fsp3) is 0.464. The molecular weight excluding hydrogens is 518 g/mol. The summed E-state index contributed by atoms with van der Waals surface area (Å²) >= 11 is 1.57. The Kier molecular flexibility index (Phi) is 9.06. The van der Waals surface area contributed by atoms with Crippen LogP contribution in [0, 0.1) is 0 Å². The molecule has 2 aliphatic rings. The van der Waals surface area contributed by atoms with E-state index in [2.05, 4.69) is 16.0 Å². The molecule has 0 radical (unpaired) electrons. The number of rotatable bonds is 6. The molecule has 1 amide bonds. The molecule has 39 heavy (non-hydrogen) atoms. The number of nitrogens with two attached hydrogens (primary N) is 1. The van der Waals surface area contributed by atoms with E-state index in [4.69, 9.17) is 19.2 Å². The molecule has 3 aromatic rings. The van der Waals surface area contributed by atoms with Gasteiger partial charge >= 0.3 is 5.97 Å². The number of nitrogens with zero attached hydrogens (tertiary/aromatic N) is 3. The van der Waals surface area contributed by atoms with Crippen LogP contribution in [0.3, 0.4) is 0 Å². The second-order valence-corrected chi connectivity index (χ2v) is 11.1. The van der Waals surface area contributed by atoms with Crippen LogP contribution in [0.15, 0.2) is 29.6 Å². The van der Waals surface area contributed by atoms with Crippen LogP contribution in [0.5, 0.6) is 5.75 Å². The summed E-state index contributed by atoms with van der Waals surface area (Å²) in [6, 6.07) is 7.87. The second-order valence-electron chi connectivity index (χ2n) is 10.2. The number of nitrogens with one attached hydrogen (secondary N) is 1. The quantitative estimate of drug-likeness (QED) is 0.442. The SMILES string of the molecule is CN.COc1cc2c(cc1NC(=O)CN1CCOCC1)-c1c(-c3cccs3)nc(C(=O)OC(C)(C)C)n1CC2. The van der Waals surface area contributed by atoms with Gasteiger partial charge in [0.05, 0.1) is 43.1 Å². The Balaban J connectivity index is 0.00000172. The fourth-order valence-corrected chi connectivity index (χ4v) is 5.42. The van der Waals surface area contributed by atoms with Crippen molar-refractivity contribution in [1.82, 2.24) is 14.5 Å². The molecule has 0 spiro atoms. The van der Waals surface area contributed by atoms with E-state index in [1.54, 1.807) is 18.4 Å². The molecule has 4 heterocycles. The number of fused-ring (bicyclic) bond motifs is 3. The highest BCUT2D eigenvalue weighted by Gasteiger charge is 2.32. The number of imidazole rings is 1. The number of ether oxygens (including phenoxy) is 3. The first-order chi connectivity index (χ1) is 18.7. The van der Waals surface area contributed by atoms with Gasteiger partial charge in [0, 0.05) is 25.2 Å². The number of aryl methyl sites for hydroxylation is 1. The summed E-state index contributed by atoms with van der Waals surface area (Å²) in [5, 5.41) is 5.03. The first kappa shape index (κ1) is 28.8. The van der Waals surface area contributed by atoms with Gasteiger partial charge in [0.25, 0.3) is 0 Å². The molecule has 2 aliphatic heterocycles. The number of carbonyl (C=O) groups is 2. The average Bonchev–Trinajstić information content (AvgIpc) is 3.57. The summed E-state index contributed by atoms with van der Waals surface area (Å²) in [5.41, 5.74) is 8.02. The van der Waals surface area contributed by atoms with Crippen molar-refractivity contribution < 1.29 is 23.8 Å². The first-order valence-corrected chi connectivity index (χ1v) is 13.9. The lowest BCUT2D eigenvalue weighted by molar-refractivity contribution is -0.118. The van der Waals surface area contributed by atoms with E-state index in [0.717, 1.165) is 40.5 Å². The van der Waals surface area contributed by atoms with Crippen LogP contribution in [-0.2, 0) is 27.2 Å². The van der Waals surface area contributed by atoms with Crippen molar-refractivity contribution in [1.29, 1.82) is 0 Å². The number of morpholine rings is 1. The Morgan fingerprint density at radius 3 is 2.56 bits per heavy atom. The average molecular weight is 556 g/mol. The molecule has 0 unspecified atom stereocenters. The zero-order valence-electron chi connectivity index (χ0n) is 23.2. The lowest BCUT2D eigenvalue weighted by Gasteiger charge is -2.26. The molecule has 0 aliphatic carbocycles. The van der Waals surface area contributed by atoms with Crippen LogP contribution in [0.2, 0.25) is 0 Å². The molecule has 2 aromatic heterocycles. The second kappa shape index (κ2) is 12.3. The van der Waals surface area contributed by atoms with Gasteiger partial charge in [0.1, 0.15) is 17.0 Å². The van der Waals surface area contributed by atoms with E-state index in [0.29, 0.717) is 37.6 Å². The van der Waals surface area contributed by atoms with E-state index < -0.39 is 11.6 Å². The van der Waals surface area contributed by atoms with E-state index in [1.165, 1.54) is 7.05 Å². The number of carbonyl (C=O) groups excluding carboxylic acids is 2. The van der Waals surface area contributed by atoms with Gasteiger partial charge in [-0.15, -0.1) is 11.3 Å². The van der Waals surface area contributed by atoms with Crippen LogP contribution in [-0.4, -0.2) is 78.9 Å². The molecule has 210 valence electrons. The van der Waals surface area contributed by atoms with Gasteiger partial charge in [-0.25, -0.2) is 9.78 Å². The number of hydrogen-bond donors (Lipinski definition) is 2. The normalized spacial score (nSPS) is 14.9. The maximum atomic E-state index is 13.1. The van der Waals surface area contributed by atoms with Crippen molar-refractivity contribution in [2.24, 2.45) is 5.73 Å². The van der Waals surface area contributed by atoms with Gasteiger partial charge in [-0.2, -0.15) is 0 Å². The van der Waals surface area contributed by atoms with Crippen molar-refractivity contribution in [3.8, 4) is 27.6 Å². The van der Waals surface area contributed by atoms with E-state index in [-0.39, 0.29) is 18.3 Å². The lowest BCUT2D eigenvalue weighted by Crippen LogP contribution is -2.41. The molecule has 1 aromatic carbocycles. The Morgan fingerprint density at radius 2 is 1.92 bits per heavy atom. The van der Waals surface area contributed by atoms with E-state index in [9.17, 15) is 9.59 Å². The highest BCUT2D eigenvalue weighted by Crippen LogP contribution is 2.43. The number of benzene rings is 1. The molecule has 1 saturated heterocycles. The Labute approximate surface area is 233 Å². The van der Waals surface area contributed by atoms with E-state index >= 15 is 0 Å². The predicted octanol–water partition coefficient (Wildman–Crippen LogP) is 3.64. The fourth-order valence-electron chi connectivity index (χ4n) is 4.71.